The normalized spacial score (nSPS) is 20.9. The molecule has 1 saturated carbocycles. The van der Waals surface area contributed by atoms with Crippen LogP contribution in [-0.4, -0.2) is 55.7 Å². The molecule has 4 rings (SSSR count). The van der Waals surface area contributed by atoms with Crippen LogP contribution in [0.4, 0.5) is 30.2 Å². The molecule has 2 aromatic carbocycles. The van der Waals surface area contributed by atoms with Crippen LogP contribution in [0.3, 0.4) is 0 Å². The van der Waals surface area contributed by atoms with Crippen molar-refractivity contribution < 1.29 is 22.7 Å². The minimum atomic E-state index is -4.49. The van der Waals surface area contributed by atoms with Crippen molar-refractivity contribution >= 4 is 23.0 Å². The molecule has 1 aliphatic carbocycles. The van der Waals surface area contributed by atoms with Gasteiger partial charge < -0.3 is 25.6 Å². The van der Waals surface area contributed by atoms with Gasteiger partial charge in [-0.3, -0.25) is 4.79 Å². The summed E-state index contributed by atoms with van der Waals surface area (Å²) < 4.78 is 46.1. The molecule has 1 amide bonds. The summed E-state index contributed by atoms with van der Waals surface area (Å²) in [5, 5.41) is 3.29. The highest BCUT2D eigenvalue weighted by Gasteiger charge is 2.35. The largest absolute Gasteiger partial charge is 0.418 e. The number of amides is 1. The van der Waals surface area contributed by atoms with Crippen LogP contribution < -0.4 is 16.0 Å². The fraction of sp³-hybridized carbons (Fsp3) is 0.519. The molecule has 9 heteroatoms. The van der Waals surface area contributed by atoms with Crippen LogP contribution in [0.1, 0.15) is 42.4 Å². The van der Waals surface area contributed by atoms with Crippen LogP contribution in [-0.2, 0) is 15.7 Å². The topological polar surface area (TPSA) is 70.8 Å². The van der Waals surface area contributed by atoms with Crippen LogP contribution >= 0.6 is 0 Å². The van der Waals surface area contributed by atoms with E-state index in [1.807, 2.05) is 23.1 Å². The minimum Gasteiger partial charge on any atom is -0.398 e. The molecule has 0 radical (unpaired) electrons. The standard InChI is InChI=1S/C27H35F3N4O2/c1-18-19(2)26(31)23(27(28,29)30)16-24(18)32-20-8-10-22(11-9-20)36-17-25(35)34-14-12-33(13-15-34)21-6-4-3-5-7-21/h3-7,16,20,22,32H,8-15,17,31H2,1-2H3. The van der Waals surface area contributed by atoms with E-state index >= 15 is 0 Å². The number of hydrogen-bond donors (Lipinski definition) is 2. The summed E-state index contributed by atoms with van der Waals surface area (Å²) >= 11 is 0. The first kappa shape index (κ1) is 26.1. The second-order valence-electron chi connectivity index (χ2n) is 9.77. The predicted octanol–water partition coefficient (Wildman–Crippen LogP) is 4.99. The number of ether oxygens (including phenoxy) is 1. The number of rotatable bonds is 6. The quantitative estimate of drug-likeness (QED) is 0.543. The molecule has 2 fully saturated rings. The van der Waals surface area contributed by atoms with Gasteiger partial charge in [-0.25, -0.2) is 0 Å². The number of benzene rings is 2. The maximum Gasteiger partial charge on any atom is 0.418 e. The highest BCUT2D eigenvalue weighted by Crippen LogP contribution is 2.39. The molecular weight excluding hydrogens is 469 g/mol. The summed E-state index contributed by atoms with van der Waals surface area (Å²) in [6.07, 6.45) is -1.47. The summed E-state index contributed by atoms with van der Waals surface area (Å²) in [5.41, 5.74) is 7.56. The van der Waals surface area contributed by atoms with Crippen LogP contribution in [0.2, 0.25) is 0 Å². The molecule has 196 valence electrons. The molecule has 2 aromatic rings. The van der Waals surface area contributed by atoms with Crippen molar-refractivity contribution in [2.75, 3.05) is 48.7 Å². The number of piperazine rings is 1. The Morgan fingerprint density at radius 2 is 1.67 bits per heavy atom. The van der Waals surface area contributed by atoms with E-state index in [1.54, 1.807) is 13.8 Å². The summed E-state index contributed by atoms with van der Waals surface area (Å²) in [6.45, 7) is 6.42. The fourth-order valence-electron chi connectivity index (χ4n) is 5.05. The van der Waals surface area contributed by atoms with Crippen molar-refractivity contribution in [3.05, 3.63) is 53.1 Å². The Bertz CT molecular complexity index is 1050. The van der Waals surface area contributed by atoms with Gasteiger partial charge in [-0.2, -0.15) is 13.2 Å². The van der Waals surface area contributed by atoms with Crippen molar-refractivity contribution in [3.63, 3.8) is 0 Å². The minimum absolute atomic E-state index is 0.00983. The lowest BCUT2D eigenvalue weighted by Crippen LogP contribution is -2.50. The molecule has 1 aliphatic heterocycles. The molecule has 6 nitrogen and oxygen atoms in total. The second kappa shape index (κ2) is 11.0. The number of carbonyl (C=O) groups excluding carboxylic acids is 1. The molecular formula is C27H35F3N4O2. The Kier molecular flexibility index (Phi) is 7.97. The van der Waals surface area contributed by atoms with Gasteiger partial charge in [0.25, 0.3) is 0 Å². The molecule has 0 bridgehead atoms. The van der Waals surface area contributed by atoms with Gasteiger partial charge in [-0.15, -0.1) is 0 Å². The number of halogens is 3. The third-order valence-electron chi connectivity index (χ3n) is 7.48. The number of hydrogen-bond acceptors (Lipinski definition) is 5. The Labute approximate surface area is 210 Å². The molecule has 3 N–H and O–H groups in total. The van der Waals surface area contributed by atoms with E-state index in [1.165, 1.54) is 5.69 Å². The Hall–Kier alpha value is -2.94. The Balaban J connectivity index is 1.22. The van der Waals surface area contributed by atoms with Gasteiger partial charge >= 0.3 is 6.18 Å². The van der Waals surface area contributed by atoms with Crippen LogP contribution in [0.5, 0.6) is 0 Å². The van der Waals surface area contributed by atoms with Crippen LogP contribution in [0.25, 0.3) is 0 Å². The predicted molar refractivity (Wildman–Crippen MR) is 136 cm³/mol. The van der Waals surface area contributed by atoms with Crippen molar-refractivity contribution in [1.82, 2.24) is 4.90 Å². The molecule has 1 heterocycles. The molecule has 0 atom stereocenters. The van der Waals surface area contributed by atoms with Crippen LogP contribution in [0.15, 0.2) is 36.4 Å². The SMILES string of the molecule is Cc1c(NC2CCC(OCC(=O)N3CCN(c4ccccc4)CC3)CC2)cc(C(F)(F)F)c(N)c1C. The number of nitrogens with one attached hydrogen (secondary N) is 1. The summed E-state index contributed by atoms with van der Waals surface area (Å²) in [6, 6.07) is 11.4. The number of nitrogens with two attached hydrogens (primary N) is 1. The van der Waals surface area contributed by atoms with Gasteiger partial charge in [0, 0.05) is 49.3 Å². The van der Waals surface area contributed by atoms with E-state index in [9.17, 15) is 18.0 Å². The molecule has 36 heavy (non-hydrogen) atoms. The third-order valence-corrected chi connectivity index (χ3v) is 7.48. The zero-order chi connectivity index (χ0) is 25.9. The van der Waals surface area contributed by atoms with Crippen molar-refractivity contribution in [1.29, 1.82) is 0 Å². The number of para-hydroxylation sites is 1. The van der Waals surface area contributed by atoms with Gasteiger partial charge in [-0.05, 0) is 68.9 Å². The van der Waals surface area contributed by atoms with E-state index in [0.29, 0.717) is 24.3 Å². The molecule has 0 aromatic heterocycles. The van der Waals surface area contributed by atoms with E-state index in [0.717, 1.165) is 50.4 Å². The monoisotopic (exact) mass is 504 g/mol. The zero-order valence-corrected chi connectivity index (χ0v) is 20.9. The molecule has 0 unspecified atom stereocenters. The van der Waals surface area contributed by atoms with Gasteiger partial charge in [0.2, 0.25) is 5.91 Å². The van der Waals surface area contributed by atoms with Gasteiger partial charge in [0.1, 0.15) is 6.61 Å². The number of anilines is 3. The highest BCUT2D eigenvalue weighted by atomic mass is 19.4. The zero-order valence-electron chi connectivity index (χ0n) is 20.9. The average Bonchev–Trinajstić information content (AvgIpc) is 2.88. The fourth-order valence-corrected chi connectivity index (χ4v) is 5.05. The number of alkyl halides is 3. The van der Waals surface area contributed by atoms with E-state index < -0.39 is 11.7 Å². The number of nitrogens with zero attached hydrogens (tertiary/aromatic N) is 2. The third kappa shape index (κ3) is 6.06. The lowest BCUT2D eigenvalue weighted by Gasteiger charge is -2.36. The van der Waals surface area contributed by atoms with Crippen molar-refractivity contribution in [2.24, 2.45) is 0 Å². The lowest BCUT2D eigenvalue weighted by molar-refractivity contribution is -0.139. The van der Waals surface area contributed by atoms with E-state index in [4.69, 9.17) is 10.5 Å². The summed E-state index contributed by atoms with van der Waals surface area (Å²) in [5.74, 6) is 0.00983. The smallest absolute Gasteiger partial charge is 0.398 e. The Morgan fingerprint density at radius 1 is 1.03 bits per heavy atom. The molecule has 1 saturated heterocycles. The van der Waals surface area contributed by atoms with Gasteiger partial charge in [0.15, 0.2) is 0 Å². The maximum absolute atomic E-state index is 13.4. The van der Waals surface area contributed by atoms with Crippen LogP contribution in [0, 0.1) is 13.8 Å². The molecule has 0 spiro atoms. The Morgan fingerprint density at radius 3 is 2.28 bits per heavy atom. The molecule has 2 aliphatic rings. The highest BCUT2D eigenvalue weighted by molar-refractivity contribution is 5.77. The number of nitrogen functional groups attached to an aromatic ring is 1. The summed E-state index contributed by atoms with van der Waals surface area (Å²) in [4.78, 5) is 16.8. The first-order chi connectivity index (χ1) is 17.1. The van der Waals surface area contributed by atoms with Crippen molar-refractivity contribution in [3.8, 4) is 0 Å². The lowest BCUT2D eigenvalue weighted by atomic mass is 9.92. The van der Waals surface area contributed by atoms with Gasteiger partial charge in [0.05, 0.1) is 11.7 Å². The van der Waals surface area contributed by atoms with Gasteiger partial charge in [-0.1, -0.05) is 18.2 Å². The second-order valence-corrected chi connectivity index (χ2v) is 9.77. The van der Waals surface area contributed by atoms with E-state index in [-0.39, 0.29) is 30.3 Å². The van der Waals surface area contributed by atoms with E-state index in [2.05, 4.69) is 22.3 Å². The summed E-state index contributed by atoms with van der Waals surface area (Å²) in [7, 11) is 0. The van der Waals surface area contributed by atoms with Crippen molar-refractivity contribution in [2.45, 2.75) is 57.9 Å². The first-order valence-corrected chi connectivity index (χ1v) is 12.6. The first-order valence-electron chi connectivity index (χ1n) is 12.6. The maximum atomic E-state index is 13.4. The number of carbonyl (C=O) groups is 1. The average molecular weight is 505 g/mol.